The van der Waals surface area contributed by atoms with Gasteiger partial charge in [-0.1, -0.05) is 23.2 Å². The van der Waals surface area contributed by atoms with Crippen LogP contribution in [0.2, 0.25) is 10.0 Å². The van der Waals surface area contributed by atoms with Gasteiger partial charge < -0.3 is 5.32 Å². The maximum absolute atomic E-state index is 10.7. The largest absolute Gasteiger partial charge is 0.380 e. The van der Waals surface area contributed by atoms with Crippen LogP contribution in [0.1, 0.15) is 19.3 Å². The molecule has 2 rings (SSSR count). The van der Waals surface area contributed by atoms with Crippen LogP contribution in [0.25, 0.3) is 0 Å². The lowest BCUT2D eigenvalue weighted by molar-refractivity contribution is -0.384. The molecular formula is C12H14Cl2N2O2S. The number of hydrogen-bond acceptors (Lipinski definition) is 4. The van der Waals surface area contributed by atoms with Crippen molar-refractivity contribution in [1.29, 1.82) is 0 Å². The minimum absolute atomic E-state index is 0.0889. The van der Waals surface area contributed by atoms with Gasteiger partial charge in [-0.15, -0.1) is 0 Å². The smallest absolute Gasteiger partial charge is 0.272 e. The summed E-state index contributed by atoms with van der Waals surface area (Å²) in [4.78, 5) is 10.2. The number of anilines is 1. The summed E-state index contributed by atoms with van der Waals surface area (Å²) < 4.78 is 0. The minimum atomic E-state index is -0.499. The summed E-state index contributed by atoms with van der Waals surface area (Å²) in [5, 5.41) is 15.3. The number of nitrogens with zero attached hydrogens (tertiary/aromatic N) is 1. The van der Waals surface area contributed by atoms with Crippen molar-refractivity contribution in [3.8, 4) is 0 Å². The normalized spacial score (nSPS) is 22.5. The predicted molar refractivity (Wildman–Crippen MR) is 81.7 cm³/mol. The number of halogens is 2. The zero-order valence-electron chi connectivity index (χ0n) is 10.4. The Labute approximate surface area is 126 Å². The Morgan fingerprint density at radius 2 is 2.00 bits per heavy atom. The maximum atomic E-state index is 10.7. The molecule has 0 spiro atoms. The van der Waals surface area contributed by atoms with Gasteiger partial charge in [0, 0.05) is 23.4 Å². The number of nitrogens with one attached hydrogen (secondary N) is 1. The van der Waals surface area contributed by atoms with Crippen molar-refractivity contribution in [2.75, 3.05) is 11.6 Å². The lowest BCUT2D eigenvalue weighted by Crippen LogP contribution is -2.16. The van der Waals surface area contributed by atoms with Crippen molar-refractivity contribution in [3.63, 3.8) is 0 Å². The van der Waals surface area contributed by atoms with Crippen LogP contribution in [0.4, 0.5) is 11.4 Å². The third-order valence-corrected chi connectivity index (χ3v) is 4.99. The molecule has 19 heavy (non-hydrogen) atoms. The molecule has 0 bridgehead atoms. The minimum Gasteiger partial charge on any atom is -0.380 e. The highest BCUT2D eigenvalue weighted by Crippen LogP contribution is 2.37. The molecule has 0 aromatic heterocycles. The van der Waals surface area contributed by atoms with E-state index in [2.05, 4.69) is 11.6 Å². The van der Waals surface area contributed by atoms with Crippen molar-refractivity contribution in [1.82, 2.24) is 0 Å². The van der Waals surface area contributed by atoms with Gasteiger partial charge in [0.15, 0.2) is 0 Å². The molecular weight excluding hydrogens is 307 g/mol. The summed E-state index contributed by atoms with van der Waals surface area (Å²) in [5.41, 5.74) is 0.509. The topological polar surface area (TPSA) is 55.2 Å². The predicted octanol–water partition coefficient (Wildman–Crippen LogP) is 4.60. The second kappa shape index (κ2) is 6.20. The van der Waals surface area contributed by atoms with Crippen LogP contribution in [0.5, 0.6) is 0 Å². The second-order valence-electron chi connectivity index (χ2n) is 4.55. The first kappa shape index (κ1) is 14.8. The molecule has 4 nitrogen and oxygen atoms in total. The summed E-state index contributed by atoms with van der Waals surface area (Å²) in [5.74, 6) is 0. The fourth-order valence-corrected chi connectivity index (χ4v) is 3.67. The average molecular weight is 321 g/mol. The van der Waals surface area contributed by atoms with Crippen LogP contribution in [-0.2, 0) is 0 Å². The molecule has 7 heteroatoms. The molecule has 1 aliphatic rings. The molecule has 1 fully saturated rings. The summed E-state index contributed by atoms with van der Waals surface area (Å²) in [7, 11) is 0. The molecule has 1 aromatic carbocycles. The van der Waals surface area contributed by atoms with Gasteiger partial charge in [0.25, 0.3) is 5.69 Å². The lowest BCUT2D eigenvalue weighted by Gasteiger charge is -2.16. The molecule has 2 atom stereocenters. The highest BCUT2D eigenvalue weighted by atomic mass is 35.5. The van der Waals surface area contributed by atoms with Gasteiger partial charge >= 0.3 is 0 Å². The highest BCUT2D eigenvalue weighted by molar-refractivity contribution is 7.99. The first-order chi connectivity index (χ1) is 9.01. The number of benzene rings is 1. The number of nitro benzene ring substituents is 1. The highest BCUT2D eigenvalue weighted by Gasteiger charge is 2.25. The molecule has 0 saturated heterocycles. The SMILES string of the molecule is CSC1CCC(Nc2c(Cl)cc([N+](=O)[O-])cc2Cl)C1. The van der Waals surface area contributed by atoms with Crippen molar-refractivity contribution < 1.29 is 4.92 Å². The van der Waals surface area contributed by atoms with E-state index in [0.29, 0.717) is 27.0 Å². The molecule has 1 aromatic rings. The molecule has 0 heterocycles. The van der Waals surface area contributed by atoms with Gasteiger partial charge in [-0.2, -0.15) is 11.8 Å². The molecule has 0 amide bonds. The van der Waals surface area contributed by atoms with E-state index in [9.17, 15) is 10.1 Å². The zero-order chi connectivity index (χ0) is 14.0. The van der Waals surface area contributed by atoms with Crippen LogP contribution in [-0.4, -0.2) is 22.5 Å². The summed E-state index contributed by atoms with van der Waals surface area (Å²) in [6.45, 7) is 0. The number of non-ortho nitro benzene ring substituents is 1. The van der Waals surface area contributed by atoms with Crippen molar-refractivity contribution >= 4 is 46.3 Å². The van der Waals surface area contributed by atoms with Gasteiger partial charge in [0.05, 0.1) is 20.7 Å². The maximum Gasteiger partial charge on any atom is 0.272 e. The fourth-order valence-electron chi connectivity index (χ4n) is 2.29. The average Bonchev–Trinajstić information content (AvgIpc) is 2.81. The van der Waals surface area contributed by atoms with E-state index >= 15 is 0 Å². The van der Waals surface area contributed by atoms with Crippen LogP contribution < -0.4 is 5.32 Å². The third kappa shape index (κ3) is 3.46. The van der Waals surface area contributed by atoms with Gasteiger partial charge in [0.1, 0.15) is 0 Å². The third-order valence-electron chi connectivity index (χ3n) is 3.30. The van der Waals surface area contributed by atoms with Gasteiger partial charge in [-0.25, -0.2) is 0 Å². The van der Waals surface area contributed by atoms with E-state index in [1.54, 1.807) is 0 Å². The summed E-state index contributed by atoms with van der Waals surface area (Å²) in [6, 6.07) is 2.99. The summed E-state index contributed by atoms with van der Waals surface area (Å²) >= 11 is 14.0. The lowest BCUT2D eigenvalue weighted by atomic mass is 10.2. The van der Waals surface area contributed by atoms with Gasteiger partial charge in [-0.3, -0.25) is 10.1 Å². The Balaban J connectivity index is 2.15. The van der Waals surface area contributed by atoms with Gasteiger partial charge in [0.2, 0.25) is 0 Å². The van der Waals surface area contributed by atoms with E-state index < -0.39 is 4.92 Å². The van der Waals surface area contributed by atoms with E-state index in [0.717, 1.165) is 12.8 Å². The number of hydrogen-bond donors (Lipinski definition) is 1. The molecule has 1 aliphatic carbocycles. The standard InChI is InChI=1S/C12H14Cl2N2O2S/c1-19-9-3-2-7(4-9)15-12-10(13)5-8(16(17)18)6-11(12)14/h5-7,9,15H,2-4H2,1H3. The Kier molecular flexibility index (Phi) is 4.81. The van der Waals surface area contributed by atoms with Crippen LogP contribution in [0, 0.1) is 10.1 Å². The number of rotatable bonds is 4. The quantitative estimate of drug-likeness (QED) is 0.650. The van der Waals surface area contributed by atoms with Crippen molar-refractivity contribution in [2.24, 2.45) is 0 Å². The zero-order valence-corrected chi connectivity index (χ0v) is 12.7. The van der Waals surface area contributed by atoms with Crippen LogP contribution in [0.3, 0.4) is 0 Å². The van der Waals surface area contributed by atoms with Gasteiger partial charge in [-0.05, 0) is 25.5 Å². The summed E-state index contributed by atoms with van der Waals surface area (Å²) in [6.07, 6.45) is 5.40. The Morgan fingerprint density at radius 3 is 2.47 bits per heavy atom. The molecule has 2 unspecified atom stereocenters. The van der Waals surface area contributed by atoms with Crippen molar-refractivity contribution in [3.05, 3.63) is 32.3 Å². The molecule has 0 aliphatic heterocycles. The Hall–Kier alpha value is -0.650. The molecule has 104 valence electrons. The second-order valence-corrected chi connectivity index (χ2v) is 6.51. The molecule has 1 saturated carbocycles. The van der Waals surface area contributed by atoms with Crippen LogP contribution in [0.15, 0.2) is 12.1 Å². The van der Waals surface area contributed by atoms with E-state index in [1.807, 2.05) is 11.8 Å². The Morgan fingerprint density at radius 1 is 1.37 bits per heavy atom. The fraction of sp³-hybridized carbons (Fsp3) is 0.500. The van der Waals surface area contributed by atoms with Crippen LogP contribution >= 0.6 is 35.0 Å². The van der Waals surface area contributed by atoms with E-state index in [4.69, 9.17) is 23.2 Å². The number of nitro groups is 1. The van der Waals surface area contributed by atoms with Crippen molar-refractivity contribution in [2.45, 2.75) is 30.6 Å². The first-order valence-electron chi connectivity index (χ1n) is 5.94. The number of thioether (sulfide) groups is 1. The first-order valence-corrected chi connectivity index (χ1v) is 7.98. The van der Waals surface area contributed by atoms with E-state index in [1.165, 1.54) is 18.6 Å². The van der Waals surface area contributed by atoms with E-state index in [-0.39, 0.29) is 5.69 Å². The Bertz CT molecular complexity index is 476. The molecule has 0 radical (unpaired) electrons. The monoisotopic (exact) mass is 320 g/mol. The molecule has 1 N–H and O–H groups in total.